The molecule has 222 valence electrons. The van der Waals surface area contributed by atoms with E-state index in [1.54, 1.807) is 13.3 Å². The van der Waals surface area contributed by atoms with Crippen molar-refractivity contribution in [3.8, 4) is 17.0 Å². The third-order valence-corrected chi connectivity index (χ3v) is 6.47. The van der Waals surface area contributed by atoms with Gasteiger partial charge in [0.2, 0.25) is 0 Å². The fraction of sp³-hybridized carbons (Fsp3) is 0.278. The predicted molar refractivity (Wildman–Crippen MR) is 184 cm³/mol. The Balaban J connectivity index is 0.000000699. The van der Waals surface area contributed by atoms with Gasteiger partial charge in [0.25, 0.3) is 0 Å². The maximum Gasteiger partial charge on any atom is 0.172 e. The number of hydrogen-bond donors (Lipinski definition) is 1. The van der Waals surface area contributed by atoms with Gasteiger partial charge >= 0.3 is 0 Å². The van der Waals surface area contributed by atoms with Gasteiger partial charge in [0.05, 0.1) is 23.5 Å². The van der Waals surface area contributed by atoms with Gasteiger partial charge < -0.3 is 10.1 Å². The van der Waals surface area contributed by atoms with Crippen LogP contribution in [0.15, 0.2) is 102 Å². The van der Waals surface area contributed by atoms with E-state index in [-0.39, 0.29) is 0 Å². The lowest BCUT2D eigenvalue weighted by molar-refractivity contribution is 0.414. The van der Waals surface area contributed by atoms with E-state index < -0.39 is 0 Å². The quantitative estimate of drug-likeness (QED) is 0.182. The van der Waals surface area contributed by atoms with Crippen LogP contribution in [0.25, 0.3) is 16.9 Å². The van der Waals surface area contributed by atoms with Crippen molar-refractivity contribution in [2.45, 2.75) is 61.4 Å². The van der Waals surface area contributed by atoms with Gasteiger partial charge in [-0.1, -0.05) is 93.9 Å². The molecule has 0 saturated carbocycles. The molecule has 0 atom stereocenters. The van der Waals surface area contributed by atoms with E-state index in [9.17, 15) is 0 Å². The molecule has 6 heteroatoms. The number of methoxy groups -OCH3 is 1. The van der Waals surface area contributed by atoms with E-state index >= 15 is 0 Å². The molecule has 1 N–H and O–H groups in total. The molecule has 2 aromatic heterocycles. The van der Waals surface area contributed by atoms with Crippen molar-refractivity contribution in [1.82, 2.24) is 14.6 Å². The third kappa shape index (κ3) is 9.88. The van der Waals surface area contributed by atoms with Crippen molar-refractivity contribution in [3.05, 3.63) is 124 Å². The van der Waals surface area contributed by atoms with E-state index in [2.05, 4.69) is 94.4 Å². The SMILES string of the molecule is C=C(C)C.CC.CC.COc1ccc(Cc2ccc(CNc3cc(-c4ccccc4C)nc4c(Br)cnn34)cc2)cc1. The minimum absolute atomic E-state index is 0.687. The van der Waals surface area contributed by atoms with Gasteiger partial charge in [-0.2, -0.15) is 9.61 Å². The molecule has 0 aliphatic heterocycles. The Morgan fingerprint density at radius 2 is 1.43 bits per heavy atom. The van der Waals surface area contributed by atoms with Gasteiger partial charge in [0.1, 0.15) is 11.6 Å². The zero-order valence-corrected chi connectivity index (χ0v) is 27.9. The molecule has 3 aromatic carbocycles. The number of benzene rings is 3. The number of aromatic nitrogens is 3. The molecule has 0 aliphatic carbocycles. The van der Waals surface area contributed by atoms with Crippen LogP contribution in [-0.2, 0) is 13.0 Å². The molecule has 2 heterocycles. The van der Waals surface area contributed by atoms with E-state index in [1.165, 1.54) is 27.8 Å². The number of halogens is 1. The summed E-state index contributed by atoms with van der Waals surface area (Å²) >= 11 is 3.58. The average molecular weight is 630 g/mol. The zero-order valence-electron chi connectivity index (χ0n) is 26.3. The number of fused-ring (bicyclic) bond motifs is 1. The Hall–Kier alpha value is -3.90. The van der Waals surface area contributed by atoms with E-state index in [0.717, 1.165) is 39.4 Å². The monoisotopic (exact) mass is 628 g/mol. The summed E-state index contributed by atoms with van der Waals surface area (Å²) in [5.41, 5.74) is 8.92. The Morgan fingerprint density at radius 3 is 2.00 bits per heavy atom. The summed E-state index contributed by atoms with van der Waals surface area (Å²) in [7, 11) is 1.69. The van der Waals surface area contributed by atoms with Gasteiger partial charge in [0.15, 0.2) is 5.65 Å². The van der Waals surface area contributed by atoms with Crippen LogP contribution in [0.4, 0.5) is 5.82 Å². The highest BCUT2D eigenvalue weighted by Crippen LogP contribution is 2.28. The van der Waals surface area contributed by atoms with Crippen LogP contribution in [0, 0.1) is 6.92 Å². The highest BCUT2D eigenvalue weighted by atomic mass is 79.9. The largest absolute Gasteiger partial charge is 0.497 e. The Bertz CT molecular complexity index is 1520. The topological polar surface area (TPSA) is 51.5 Å². The van der Waals surface area contributed by atoms with Gasteiger partial charge in [-0.3, -0.25) is 0 Å². The molecule has 0 spiro atoms. The number of nitrogens with zero attached hydrogens (tertiary/aromatic N) is 3. The summed E-state index contributed by atoms with van der Waals surface area (Å²) in [6.45, 7) is 18.3. The van der Waals surface area contributed by atoms with E-state index in [0.29, 0.717) is 6.54 Å². The first-order chi connectivity index (χ1) is 20.3. The van der Waals surface area contributed by atoms with Gasteiger partial charge in [-0.05, 0) is 77.5 Å². The molecule has 0 bridgehead atoms. The Kier molecular flexibility index (Phi) is 14.5. The first-order valence-corrected chi connectivity index (χ1v) is 15.3. The molecular formula is C36H45BrN4O. The normalized spacial score (nSPS) is 9.83. The van der Waals surface area contributed by atoms with Crippen LogP contribution >= 0.6 is 15.9 Å². The first kappa shape index (κ1) is 34.3. The summed E-state index contributed by atoms with van der Waals surface area (Å²) in [6, 6.07) is 27.3. The van der Waals surface area contributed by atoms with Crippen LogP contribution in [0.5, 0.6) is 5.75 Å². The second-order valence-electron chi connectivity index (χ2n) is 9.47. The molecule has 0 amide bonds. The van der Waals surface area contributed by atoms with Crippen molar-refractivity contribution in [1.29, 1.82) is 0 Å². The number of nitrogens with one attached hydrogen (secondary N) is 1. The summed E-state index contributed by atoms with van der Waals surface area (Å²) < 4.78 is 7.95. The van der Waals surface area contributed by atoms with Gasteiger partial charge in [-0.25, -0.2) is 4.98 Å². The number of anilines is 1. The van der Waals surface area contributed by atoms with Crippen LogP contribution < -0.4 is 10.1 Å². The van der Waals surface area contributed by atoms with Crippen molar-refractivity contribution in [3.63, 3.8) is 0 Å². The molecular weight excluding hydrogens is 584 g/mol. The molecule has 0 unspecified atom stereocenters. The number of rotatable bonds is 7. The standard InChI is InChI=1S/C28H25BrN4O.C4H8.2C2H6/c1-19-5-3-4-6-24(19)26-16-27(33-28(32-26)25(29)18-31-33)30-17-22-9-7-20(8-10-22)15-21-11-13-23(34-2)14-12-21;1-4(2)3;2*1-2/h3-14,16,18,30H,15,17H2,1-2H3;1H2,2-3H3;2*1-2H3. The van der Waals surface area contributed by atoms with E-state index in [1.807, 2.05) is 70.3 Å². The summed E-state index contributed by atoms with van der Waals surface area (Å²) in [5.74, 6) is 1.78. The van der Waals surface area contributed by atoms with Gasteiger partial charge in [0, 0.05) is 18.2 Å². The lowest BCUT2D eigenvalue weighted by Gasteiger charge is -2.12. The van der Waals surface area contributed by atoms with Crippen LogP contribution in [0.2, 0.25) is 0 Å². The molecule has 42 heavy (non-hydrogen) atoms. The Morgan fingerprint density at radius 1 is 0.881 bits per heavy atom. The summed E-state index contributed by atoms with van der Waals surface area (Å²) in [4.78, 5) is 4.85. The summed E-state index contributed by atoms with van der Waals surface area (Å²) in [6.07, 6.45) is 2.67. The maximum atomic E-state index is 5.25. The van der Waals surface area contributed by atoms with Crippen molar-refractivity contribution in [2.24, 2.45) is 0 Å². The highest BCUT2D eigenvalue weighted by Gasteiger charge is 2.12. The first-order valence-electron chi connectivity index (χ1n) is 14.5. The Labute approximate surface area is 260 Å². The maximum absolute atomic E-state index is 5.25. The lowest BCUT2D eigenvalue weighted by Crippen LogP contribution is -2.07. The third-order valence-electron chi connectivity index (χ3n) is 5.91. The minimum Gasteiger partial charge on any atom is -0.497 e. The zero-order chi connectivity index (χ0) is 31.1. The van der Waals surface area contributed by atoms with Gasteiger partial charge in [-0.15, -0.1) is 6.58 Å². The molecule has 0 saturated heterocycles. The molecule has 5 aromatic rings. The number of hydrogen-bond acceptors (Lipinski definition) is 4. The van der Waals surface area contributed by atoms with Crippen LogP contribution in [0.3, 0.4) is 0 Å². The molecule has 0 aliphatic rings. The van der Waals surface area contributed by atoms with Crippen molar-refractivity contribution in [2.75, 3.05) is 12.4 Å². The predicted octanol–water partition coefficient (Wildman–Crippen LogP) is 10.3. The van der Waals surface area contributed by atoms with Crippen LogP contribution in [-0.4, -0.2) is 21.7 Å². The summed E-state index contributed by atoms with van der Waals surface area (Å²) in [5, 5.41) is 8.05. The minimum atomic E-state index is 0.687. The lowest BCUT2D eigenvalue weighted by atomic mass is 10.0. The smallest absolute Gasteiger partial charge is 0.172 e. The van der Waals surface area contributed by atoms with E-state index in [4.69, 9.17) is 9.72 Å². The fourth-order valence-corrected chi connectivity index (χ4v) is 4.36. The molecule has 5 nitrogen and oxygen atoms in total. The number of allylic oxidation sites excluding steroid dienone is 1. The second kappa shape index (κ2) is 17.8. The number of aryl methyl sites for hydroxylation is 1. The van der Waals surface area contributed by atoms with Crippen molar-refractivity contribution >= 4 is 27.4 Å². The highest BCUT2D eigenvalue weighted by molar-refractivity contribution is 9.10. The van der Waals surface area contributed by atoms with Crippen molar-refractivity contribution < 1.29 is 4.74 Å². The molecule has 0 radical (unpaired) electrons. The van der Waals surface area contributed by atoms with Crippen LogP contribution in [0.1, 0.15) is 63.8 Å². The number of ether oxygens (including phenoxy) is 1. The fourth-order valence-electron chi connectivity index (χ4n) is 4.01. The molecule has 0 fully saturated rings. The second-order valence-corrected chi connectivity index (χ2v) is 10.3. The average Bonchev–Trinajstić information content (AvgIpc) is 3.39. The molecule has 5 rings (SSSR count).